The van der Waals surface area contributed by atoms with Crippen molar-refractivity contribution in [1.82, 2.24) is 0 Å². The fourth-order valence-electron chi connectivity index (χ4n) is 1.18. The minimum atomic E-state index is -0.405. The molecule has 0 unspecified atom stereocenters. The standard InChI is InChI=1S/C9H13N3O2/c1-5-3-8(12-11)7(10)4-6(5)9(13)14-2/h3-4,12H,10-11H2,1-2H3. The number of rotatable bonds is 2. The summed E-state index contributed by atoms with van der Waals surface area (Å²) >= 11 is 0. The molecule has 1 aromatic carbocycles. The molecule has 0 spiro atoms. The summed E-state index contributed by atoms with van der Waals surface area (Å²) in [6.45, 7) is 1.78. The first kappa shape index (κ1) is 10.3. The summed E-state index contributed by atoms with van der Waals surface area (Å²) in [7, 11) is 1.33. The third-order valence-electron chi connectivity index (χ3n) is 1.96. The number of methoxy groups -OCH3 is 1. The molecule has 14 heavy (non-hydrogen) atoms. The number of anilines is 2. The summed E-state index contributed by atoms with van der Waals surface area (Å²) in [5.41, 5.74) is 10.3. The van der Waals surface area contributed by atoms with Crippen molar-refractivity contribution in [1.29, 1.82) is 0 Å². The molecular formula is C9H13N3O2. The molecule has 1 aromatic rings. The van der Waals surface area contributed by atoms with Crippen LogP contribution in [0.4, 0.5) is 11.4 Å². The number of hydrazine groups is 1. The molecule has 0 fully saturated rings. The van der Waals surface area contributed by atoms with Crippen molar-refractivity contribution in [2.45, 2.75) is 6.92 Å². The van der Waals surface area contributed by atoms with Crippen molar-refractivity contribution in [2.24, 2.45) is 5.84 Å². The summed E-state index contributed by atoms with van der Waals surface area (Å²) < 4.78 is 4.60. The van der Waals surface area contributed by atoms with E-state index in [9.17, 15) is 4.79 Å². The second-order valence-electron chi connectivity index (χ2n) is 2.89. The maximum Gasteiger partial charge on any atom is 0.338 e. The van der Waals surface area contributed by atoms with Crippen LogP contribution < -0.4 is 17.0 Å². The molecule has 0 heterocycles. The lowest BCUT2D eigenvalue weighted by molar-refractivity contribution is 0.0600. The molecule has 0 aromatic heterocycles. The summed E-state index contributed by atoms with van der Waals surface area (Å²) in [5.74, 6) is 4.83. The predicted molar refractivity (Wildman–Crippen MR) is 54.7 cm³/mol. The van der Waals surface area contributed by atoms with E-state index >= 15 is 0 Å². The number of ether oxygens (including phenoxy) is 1. The van der Waals surface area contributed by atoms with E-state index in [0.29, 0.717) is 16.9 Å². The van der Waals surface area contributed by atoms with Gasteiger partial charge in [0.2, 0.25) is 0 Å². The molecule has 0 bridgehead atoms. The van der Waals surface area contributed by atoms with Crippen molar-refractivity contribution >= 4 is 17.3 Å². The van der Waals surface area contributed by atoms with Gasteiger partial charge in [0, 0.05) is 0 Å². The molecule has 0 amide bonds. The number of aryl methyl sites for hydroxylation is 1. The Hall–Kier alpha value is -1.75. The highest BCUT2D eigenvalue weighted by atomic mass is 16.5. The van der Waals surface area contributed by atoms with Gasteiger partial charge in [-0.05, 0) is 24.6 Å². The van der Waals surface area contributed by atoms with E-state index in [0.717, 1.165) is 5.56 Å². The number of hydrogen-bond donors (Lipinski definition) is 3. The summed E-state index contributed by atoms with van der Waals surface area (Å²) in [6.07, 6.45) is 0. The van der Waals surface area contributed by atoms with Gasteiger partial charge >= 0.3 is 5.97 Å². The SMILES string of the molecule is COC(=O)c1cc(N)c(NN)cc1C. The van der Waals surface area contributed by atoms with Crippen molar-refractivity contribution in [3.8, 4) is 0 Å². The van der Waals surface area contributed by atoms with Gasteiger partial charge in [0.05, 0.1) is 24.0 Å². The van der Waals surface area contributed by atoms with E-state index in [1.165, 1.54) is 13.2 Å². The first-order valence-corrected chi connectivity index (χ1v) is 4.05. The van der Waals surface area contributed by atoms with Crippen LogP contribution in [0.1, 0.15) is 15.9 Å². The lowest BCUT2D eigenvalue weighted by atomic mass is 10.1. The van der Waals surface area contributed by atoms with Crippen molar-refractivity contribution < 1.29 is 9.53 Å². The number of carbonyl (C=O) groups excluding carboxylic acids is 1. The number of nitrogen functional groups attached to an aromatic ring is 2. The third kappa shape index (κ3) is 1.77. The Balaban J connectivity index is 3.21. The van der Waals surface area contributed by atoms with Gasteiger partial charge < -0.3 is 15.9 Å². The highest BCUT2D eigenvalue weighted by molar-refractivity contribution is 5.93. The number of nitrogens with two attached hydrogens (primary N) is 2. The Morgan fingerprint density at radius 2 is 2.14 bits per heavy atom. The third-order valence-corrected chi connectivity index (χ3v) is 1.96. The molecule has 76 valence electrons. The average Bonchev–Trinajstić information content (AvgIpc) is 2.19. The fraction of sp³-hybridized carbons (Fsp3) is 0.222. The Morgan fingerprint density at radius 1 is 1.50 bits per heavy atom. The largest absolute Gasteiger partial charge is 0.465 e. The lowest BCUT2D eigenvalue weighted by Gasteiger charge is -2.09. The molecule has 1 rings (SSSR count). The van der Waals surface area contributed by atoms with Crippen LogP contribution >= 0.6 is 0 Å². The number of benzene rings is 1. The van der Waals surface area contributed by atoms with Crippen LogP contribution in [-0.4, -0.2) is 13.1 Å². The minimum absolute atomic E-state index is 0.405. The van der Waals surface area contributed by atoms with Crippen LogP contribution in [0.3, 0.4) is 0 Å². The van der Waals surface area contributed by atoms with Crippen LogP contribution in [0, 0.1) is 6.92 Å². The lowest BCUT2D eigenvalue weighted by Crippen LogP contribution is -2.11. The van der Waals surface area contributed by atoms with Gasteiger partial charge in [0.25, 0.3) is 0 Å². The predicted octanol–water partition coefficient (Wildman–Crippen LogP) is 0.649. The smallest absolute Gasteiger partial charge is 0.338 e. The number of nitrogens with one attached hydrogen (secondary N) is 1. The summed E-state index contributed by atoms with van der Waals surface area (Å²) in [5, 5.41) is 0. The highest BCUT2D eigenvalue weighted by Crippen LogP contribution is 2.22. The van der Waals surface area contributed by atoms with Gasteiger partial charge in [-0.1, -0.05) is 0 Å². The molecule has 0 aliphatic carbocycles. The molecule has 5 nitrogen and oxygen atoms in total. The topological polar surface area (TPSA) is 90.4 Å². The summed E-state index contributed by atoms with van der Waals surface area (Å²) in [4.78, 5) is 11.3. The van der Waals surface area contributed by atoms with E-state index in [2.05, 4.69) is 10.2 Å². The van der Waals surface area contributed by atoms with Crippen LogP contribution in [0.2, 0.25) is 0 Å². The van der Waals surface area contributed by atoms with Crippen LogP contribution in [0.15, 0.2) is 12.1 Å². The number of carbonyl (C=O) groups is 1. The second-order valence-corrected chi connectivity index (χ2v) is 2.89. The van der Waals surface area contributed by atoms with Crippen LogP contribution in [0.25, 0.3) is 0 Å². The molecule has 0 radical (unpaired) electrons. The minimum Gasteiger partial charge on any atom is -0.465 e. The molecule has 0 saturated carbocycles. The van der Waals surface area contributed by atoms with E-state index in [1.807, 2.05) is 0 Å². The molecule has 0 saturated heterocycles. The second kappa shape index (κ2) is 3.97. The van der Waals surface area contributed by atoms with Gasteiger partial charge in [-0.15, -0.1) is 0 Å². The number of hydrogen-bond acceptors (Lipinski definition) is 5. The fourth-order valence-corrected chi connectivity index (χ4v) is 1.18. The van der Waals surface area contributed by atoms with Crippen LogP contribution in [0.5, 0.6) is 0 Å². The maximum absolute atomic E-state index is 11.3. The number of esters is 1. The Bertz CT molecular complexity index is 363. The Morgan fingerprint density at radius 3 is 2.64 bits per heavy atom. The van der Waals surface area contributed by atoms with Crippen molar-refractivity contribution in [3.63, 3.8) is 0 Å². The van der Waals surface area contributed by atoms with E-state index in [1.54, 1.807) is 13.0 Å². The van der Waals surface area contributed by atoms with E-state index in [4.69, 9.17) is 11.6 Å². The van der Waals surface area contributed by atoms with Crippen LogP contribution in [-0.2, 0) is 4.74 Å². The zero-order valence-corrected chi connectivity index (χ0v) is 8.13. The Labute approximate surface area is 82.0 Å². The zero-order valence-electron chi connectivity index (χ0n) is 8.13. The normalized spacial score (nSPS) is 9.64. The maximum atomic E-state index is 11.3. The van der Waals surface area contributed by atoms with Gasteiger partial charge in [-0.25, -0.2) is 4.79 Å². The van der Waals surface area contributed by atoms with Gasteiger partial charge in [-0.2, -0.15) is 0 Å². The van der Waals surface area contributed by atoms with Crippen molar-refractivity contribution in [2.75, 3.05) is 18.3 Å². The first-order chi connectivity index (χ1) is 6.60. The quantitative estimate of drug-likeness (QED) is 0.279. The average molecular weight is 195 g/mol. The van der Waals surface area contributed by atoms with E-state index in [-0.39, 0.29) is 0 Å². The zero-order chi connectivity index (χ0) is 10.7. The monoisotopic (exact) mass is 195 g/mol. The van der Waals surface area contributed by atoms with Crippen molar-refractivity contribution in [3.05, 3.63) is 23.3 Å². The highest BCUT2D eigenvalue weighted by Gasteiger charge is 2.11. The molecule has 0 aliphatic heterocycles. The first-order valence-electron chi connectivity index (χ1n) is 4.05. The molecule has 0 atom stereocenters. The van der Waals surface area contributed by atoms with Gasteiger partial charge in [0.1, 0.15) is 0 Å². The molecule has 5 N–H and O–H groups in total. The molecule has 0 aliphatic rings. The molecule has 5 heteroatoms. The van der Waals surface area contributed by atoms with E-state index < -0.39 is 5.97 Å². The Kier molecular flexibility index (Phi) is 2.93. The summed E-state index contributed by atoms with van der Waals surface area (Å²) in [6, 6.07) is 3.23. The van der Waals surface area contributed by atoms with Gasteiger partial charge in [0.15, 0.2) is 0 Å². The molecular weight excluding hydrogens is 182 g/mol. The van der Waals surface area contributed by atoms with Gasteiger partial charge in [-0.3, -0.25) is 5.84 Å².